The smallest absolute Gasteiger partial charge is 0.251 e. The first-order valence-corrected chi connectivity index (χ1v) is 13.0. The van der Waals surface area contributed by atoms with Gasteiger partial charge in [-0.15, -0.1) is 5.10 Å². The number of aryl methyl sites for hydroxylation is 1. The highest BCUT2D eigenvalue weighted by atomic mass is 19.1. The number of benzene rings is 2. The zero-order valence-electron chi connectivity index (χ0n) is 23.0. The molecule has 2 atom stereocenters. The average Bonchev–Trinajstić information content (AvgIpc) is 3.31. The van der Waals surface area contributed by atoms with E-state index < -0.39 is 34.8 Å². The minimum Gasteiger partial charge on any atom is -0.494 e. The number of rotatable bonds is 7. The van der Waals surface area contributed by atoms with Crippen LogP contribution in [0.4, 0.5) is 8.78 Å². The van der Waals surface area contributed by atoms with Crippen LogP contribution in [0, 0.1) is 18.6 Å². The number of carbonyl (C=O) groups is 1. The van der Waals surface area contributed by atoms with E-state index in [4.69, 9.17) is 9.47 Å². The summed E-state index contributed by atoms with van der Waals surface area (Å²) in [4.78, 5) is 17.9. The van der Waals surface area contributed by atoms with Crippen LogP contribution in [0.2, 0.25) is 0 Å². The number of methoxy groups -OCH3 is 1. The predicted molar refractivity (Wildman–Crippen MR) is 146 cm³/mol. The van der Waals surface area contributed by atoms with Crippen molar-refractivity contribution in [2.24, 2.45) is 0 Å². The van der Waals surface area contributed by atoms with Crippen LogP contribution in [0.3, 0.4) is 0 Å². The first-order valence-electron chi connectivity index (χ1n) is 13.0. The number of carbonyl (C=O) groups excluding carboxylic acids is 1. The van der Waals surface area contributed by atoms with E-state index in [0.717, 1.165) is 0 Å². The predicted octanol–water partition coefficient (Wildman–Crippen LogP) is 3.92. The van der Waals surface area contributed by atoms with Crippen molar-refractivity contribution in [3.63, 3.8) is 0 Å². The highest BCUT2D eigenvalue weighted by molar-refractivity contribution is 5.99. The molecule has 4 aromatic rings. The molecule has 0 saturated carbocycles. The molecule has 3 heterocycles. The van der Waals surface area contributed by atoms with Crippen LogP contribution in [0.1, 0.15) is 47.6 Å². The van der Waals surface area contributed by atoms with Crippen molar-refractivity contribution in [1.82, 2.24) is 20.5 Å². The summed E-state index contributed by atoms with van der Waals surface area (Å²) in [7, 11) is 1.47. The Morgan fingerprint density at radius 1 is 1.17 bits per heavy atom. The number of aliphatic hydroxyl groups is 2. The van der Waals surface area contributed by atoms with Gasteiger partial charge in [-0.05, 0) is 69.3 Å². The first kappa shape index (κ1) is 28.5. The molecule has 2 aromatic heterocycles. The summed E-state index contributed by atoms with van der Waals surface area (Å²) in [5, 5.41) is 33.6. The van der Waals surface area contributed by atoms with E-state index in [0.29, 0.717) is 22.3 Å². The number of nitrogens with one attached hydrogen (secondary N) is 1. The number of aliphatic hydroxyl groups excluding tert-OH is 1. The molecule has 3 N–H and O–H groups in total. The fourth-order valence-electron chi connectivity index (χ4n) is 5.01. The summed E-state index contributed by atoms with van der Waals surface area (Å²) < 4.78 is 40.8. The fourth-order valence-corrected chi connectivity index (χ4v) is 5.01. The number of amides is 1. The van der Waals surface area contributed by atoms with E-state index >= 15 is 4.39 Å². The van der Waals surface area contributed by atoms with Crippen molar-refractivity contribution in [2.45, 2.75) is 44.5 Å². The minimum atomic E-state index is -1.63. The van der Waals surface area contributed by atoms with Crippen LogP contribution in [-0.4, -0.2) is 57.7 Å². The van der Waals surface area contributed by atoms with Gasteiger partial charge in [-0.3, -0.25) is 4.79 Å². The normalized spacial score (nSPS) is 19.0. The largest absolute Gasteiger partial charge is 0.494 e. The standard InChI is InChI=1S/C30H30F2N4O5/c1-16-11-18-12-19(13-22(40-4)26(18)36-35-16)28(38)33-15-30(24(37)9-10-41-30)23-14-21(29(2,3)39)25(32)27(34-23)17-5-7-20(31)8-6-17/h5-8,11-14,24,37,39H,9-10,15H2,1-4H3,(H,33,38)/t24-,30+/m1/s1. The van der Waals surface area contributed by atoms with Crippen LogP contribution in [0.5, 0.6) is 5.75 Å². The molecule has 0 spiro atoms. The second-order valence-corrected chi connectivity index (χ2v) is 10.6. The SMILES string of the molecule is COc1cc(C(=O)NC[C@@]2(c3cc(C(C)(C)O)c(F)c(-c4ccc(F)cc4)n3)OCC[C@H]2O)cc2cc(C)nnc12. The van der Waals surface area contributed by atoms with Gasteiger partial charge in [0.15, 0.2) is 11.4 Å². The molecule has 0 bridgehead atoms. The second kappa shape index (κ2) is 10.7. The monoisotopic (exact) mass is 564 g/mol. The Bertz CT molecular complexity index is 1620. The van der Waals surface area contributed by atoms with Crippen LogP contribution < -0.4 is 10.1 Å². The lowest BCUT2D eigenvalue weighted by atomic mass is 9.87. The molecule has 214 valence electrons. The quantitative estimate of drug-likeness (QED) is 0.308. The number of pyridine rings is 1. The van der Waals surface area contributed by atoms with Gasteiger partial charge in [0.25, 0.3) is 5.91 Å². The fraction of sp³-hybridized carbons (Fsp3) is 0.333. The van der Waals surface area contributed by atoms with Crippen molar-refractivity contribution in [2.75, 3.05) is 20.3 Å². The van der Waals surface area contributed by atoms with Gasteiger partial charge in [-0.1, -0.05) is 0 Å². The molecule has 2 aromatic carbocycles. The Labute approximate surface area is 235 Å². The summed E-state index contributed by atoms with van der Waals surface area (Å²) in [6.45, 7) is 4.56. The number of hydrogen-bond donors (Lipinski definition) is 3. The topological polar surface area (TPSA) is 127 Å². The van der Waals surface area contributed by atoms with E-state index in [1.54, 1.807) is 19.1 Å². The molecule has 1 fully saturated rings. The summed E-state index contributed by atoms with van der Waals surface area (Å²) >= 11 is 0. The van der Waals surface area contributed by atoms with Crippen LogP contribution >= 0.6 is 0 Å². The number of halogens is 2. The number of hydrogen-bond acceptors (Lipinski definition) is 8. The van der Waals surface area contributed by atoms with Gasteiger partial charge in [0.1, 0.15) is 22.8 Å². The number of fused-ring (bicyclic) bond motifs is 1. The maximum atomic E-state index is 15.7. The average molecular weight is 565 g/mol. The number of nitrogens with zero attached hydrogens (tertiary/aromatic N) is 3. The molecule has 41 heavy (non-hydrogen) atoms. The van der Waals surface area contributed by atoms with Crippen LogP contribution in [0.15, 0.2) is 48.5 Å². The summed E-state index contributed by atoms with van der Waals surface area (Å²) in [5.74, 6) is -1.41. The summed E-state index contributed by atoms with van der Waals surface area (Å²) in [5.41, 5.74) is -1.60. The second-order valence-electron chi connectivity index (χ2n) is 10.6. The molecule has 11 heteroatoms. The van der Waals surface area contributed by atoms with Gasteiger partial charge in [-0.2, -0.15) is 5.10 Å². The zero-order chi connectivity index (χ0) is 29.5. The lowest BCUT2D eigenvalue weighted by molar-refractivity contribution is -0.0634. The Morgan fingerprint density at radius 3 is 2.54 bits per heavy atom. The molecular formula is C30H30F2N4O5. The van der Waals surface area contributed by atoms with E-state index in [-0.39, 0.29) is 47.7 Å². The van der Waals surface area contributed by atoms with Gasteiger partial charge in [0.2, 0.25) is 0 Å². The third-order valence-corrected chi connectivity index (χ3v) is 7.23. The molecule has 9 nitrogen and oxygen atoms in total. The Hall–Kier alpha value is -4.06. The lowest BCUT2D eigenvalue weighted by Crippen LogP contribution is -2.48. The van der Waals surface area contributed by atoms with Gasteiger partial charge >= 0.3 is 0 Å². The highest BCUT2D eigenvalue weighted by Crippen LogP contribution is 2.40. The van der Waals surface area contributed by atoms with Gasteiger partial charge in [-0.25, -0.2) is 13.8 Å². The van der Waals surface area contributed by atoms with Gasteiger partial charge in [0, 0.05) is 28.5 Å². The van der Waals surface area contributed by atoms with Crippen molar-refractivity contribution in [3.05, 3.63) is 82.7 Å². The molecule has 1 amide bonds. The highest BCUT2D eigenvalue weighted by Gasteiger charge is 2.48. The summed E-state index contributed by atoms with van der Waals surface area (Å²) in [6.07, 6.45) is -0.874. The maximum absolute atomic E-state index is 15.7. The molecule has 0 unspecified atom stereocenters. The zero-order valence-corrected chi connectivity index (χ0v) is 23.0. The number of aromatic nitrogens is 3. The molecule has 0 aliphatic carbocycles. The van der Waals surface area contributed by atoms with Crippen molar-refractivity contribution in [3.8, 4) is 17.0 Å². The molecule has 1 aliphatic heterocycles. The lowest BCUT2D eigenvalue weighted by Gasteiger charge is -2.33. The third-order valence-electron chi connectivity index (χ3n) is 7.23. The Kier molecular flexibility index (Phi) is 7.45. The van der Waals surface area contributed by atoms with E-state index in [2.05, 4.69) is 20.5 Å². The van der Waals surface area contributed by atoms with Crippen molar-refractivity contribution in [1.29, 1.82) is 0 Å². The van der Waals surface area contributed by atoms with Gasteiger partial charge < -0.3 is 25.0 Å². The van der Waals surface area contributed by atoms with Crippen molar-refractivity contribution >= 4 is 16.8 Å². The first-order chi connectivity index (χ1) is 19.4. The van der Waals surface area contributed by atoms with Gasteiger partial charge in [0.05, 0.1) is 43.4 Å². The molecule has 1 saturated heterocycles. The third kappa shape index (κ3) is 5.35. The van der Waals surface area contributed by atoms with Crippen LogP contribution in [0.25, 0.3) is 22.2 Å². The Morgan fingerprint density at radius 2 is 1.90 bits per heavy atom. The molecule has 5 rings (SSSR count). The summed E-state index contributed by atoms with van der Waals surface area (Å²) in [6, 6.07) is 11.4. The minimum absolute atomic E-state index is 0.0917. The van der Waals surface area contributed by atoms with E-state index in [1.807, 2.05) is 0 Å². The molecule has 0 radical (unpaired) electrons. The van der Waals surface area contributed by atoms with E-state index in [1.165, 1.54) is 57.4 Å². The maximum Gasteiger partial charge on any atom is 0.251 e. The number of ether oxygens (including phenoxy) is 2. The molecule has 1 aliphatic rings. The Balaban J connectivity index is 1.56. The van der Waals surface area contributed by atoms with Crippen LogP contribution in [-0.2, 0) is 15.9 Å². The molecular weight excluding hydrogens is 534 g/mol. The van der Waals surface area contributed by atoms with E-state index in [9.17, 15) is 19.4 Å². The van der Waals surface area contributed by atoms with Crippen molar-refractivity contribution < 1.29 is 33.3 Å².